The van der Waals surface area contributed by atoms with Crippen LogP contribution in [-0.4, -0.2) is 0 Å². The Bertz CT molecular complexity index is 3310. The third-order valence-electron chi connectivity index (χ3n) is 13.0. The van der Waals surface area contributed by atoms with Crippen LogP contribution in [0.3, 0.4) is 0 Å². The summed E-state index contributed by atoms with van der Waals surface area (Å²) in [6.07, 6.45) is 0. The van der Waals surface area contributed by atoms with E-state index >= 15 is 0 Å². The first-order chi connectivity index (χ1) is 29.6. The number of hydrogen-bond donors (Lipinski definition) is 0. The van der Waals surface area contributed by atoms with Gasteiger partial charge in [0.05, 0.1) is 11.4 Å². The number of para-hydroxylation sites is 1. The molecule has 0 bridgehead atoms. The van der Waals surface area contributed by atoms with Gasteiger partial charge in [-0.2, -0.15) is 0 Å². The molecule has 1 aromatic heterocycles. The highest BCUT2D eigenvalue weighted by Gasteiger charge is 2.36. The first kappa shape index (κ1) is 36.9. The third kappa shape index (κ3) is 6.08. The van der Waals surface area contributed by atoms with Gasteiger partial charge in [0, 0.05) is 39.1 Å². The van der Waals surface area contributed by atoms with E-state index in [1.165, 1.54) is 60.8 Å². The van der Waals surface area contributed by atoms with E-state index in [1.54, 1.807) is 0 Å². The smallest absolute Gasteiger partial charge is 0.137 e. The standard InChI is InChI=1S/C59H47NO/c1-58(2,3)43-28-23-38(24-29-43)41-27-33-53(50(35-41)39-15-7-6-8-16-39)60(44-30-32-49-48-20-12-14-22-55(48)61-56(49)37-44)54-34-26-40-17-9-10-18-45(40)57(54)42-25-31-47-46-19-11-13-21-51(46)59(4,5)52(47)36-42/h6-37H,1-5H3. The molecular formula is C59H47NO. The molecule has 0 radical (unpaired) electrons. The van der Waals surface area contributed by atoms with Crippen molar-refractivity contribution < 1.29 is 4.42 Å². The average Bonchev–Trinajstić information content (AvgIpc) is 3.77. The molecule has 0 spiro atoms. The molecule has 1 heterocycles. The van der Waals surface area contributed by atoms with Gasteiger partial charge in [0.2, 0.25) is 0 Å². The minimum Gasteiger partial charge on any atom is -0.456 e. The molecule has 0 N–H and O–H groups in total. The summed E-state index contributed by atoms with van der Waals surface area (Å²) in [5.41, 5.74) is 18.7. The van der Waals surface area contributed by atoms with Crippen LogP contribution in [0, 0.1) is 0 Å². The molecule has 9 aromatic carbocycles. The van der Waals surface area contributed by atoms with Crippen LogP contribution in [0.15, 0.2) is 199 Å². The van der Waals surface area contributed by atoms with Gasteiger partial charge in [0.15, 0.2) is 0 Å². The zero-order chi connectivity index (χ0) is 41.5. The van der Waals surface area contributed by atoms with Gasteiger partial charge >= 0.3 is 0 Å². The predicted molar refractivity (Wildman–Crippen MR) is 258 cm³/mol. The first-order valence-electron chi connectivity index (χ1n) is 21.4. The van der Waals surface area contributed by atoms with Gasteiger partial charge < -0.3 is 9.32 Å². The summed E-state index contributed by atoms with van der Waals surface area (Å²) in [5.74, 6) is 0. The Kier molecular flexibility index (Phi) is 8.44. The molecule has 294 valence electrons. The van der Waals surface area contributed by atoms with Crippen molar-refractivity contribution in [2.75, 3.05) is 4.90 Å². The fraction of sp³-hybridized carbons (Fsp3) is 0.119. The SMILES string of the molecule is CC(C)(C)c1ccc(-c2ccc(N(c3ccc4c(c3)oc3ccccc34)c3ccc4ccccc4c3-c3ccc4c(c3)C(C)(C)c3ccccc3-4)c(-c3ccccc3)c2)cc1. The van der Waals surface area contributed by atoms with Gasteiger partial charge in [0.1, 0.15) is 11.2 Å². The molecule has 0 saturated heterocycles. The van der Waals surface area contributed by atoms with E-state index in [0.717, 1.165) is 50.1 Å². The molecule has 0 fully saturated rings. The Morgan fingerprint density at radius 3 is 1.90 bits per heavy atom. The second-order valence-corrected chi connectivity index (χ2v) is 18.2. The monoisotopic (exact) mass is 785 g/mol. The van der Waals surface area contributed by atoms with Crippen LogP contribution in [0.2, 0.25) is 0 Å². The highest BCUT2D eigenvalue weighted by Crippen LogP contribution is 2.53. The van der Waals surface area contributed by atoms with E-state index in [1.807, 2.05) is 6.07 Å². The van der Waals surface area contributed by atoms with E-state index in [0.29, 0.717) is 0 Å². The summed E-state index contributed by atoms with van der Waals surface area (Å²) in [6, 6.07) is 71.4. The van der Waals surface area contributed by atoms with Gasteiger partial charge in [-0.3, -0.25) is 0 Å². The molecule has 1 aliphatic rings. The van der Waals surface area contributed by atoms with E-state index < -0.39 is 0 Å². The Balaban J connectivity index is 1.19. The van der Waals surface area contributed by atoms with Crippen LogP contribution in [-0.2, 0) is 10.8 Å². The number of benzene rings is 9. The largest absolute Gasteiger partial charge is 0.456 e. The van der Waals surface area contributed by atoms with Crippen molar-refractivity contribution in [3.8, 4) is 44.5 Å². The number of nitrogens with zero attached hydrogens (tertiary/aromatic N) is 1. The van der Waals surface area contributed by atoms with Crippen molar-refractivity contribution in [1.29, 1.82) is 0 Å². The van der Waals surface area contributed by atoms with Crippen molar-refractivity contribution >= 4 is 49.8 Å². The topological polar surface area (TPSA) is 16.4 Å². The lowest BCUT2D eigenvalue weighted by molar-refractivity contribution is 0.590. The van der Waals surface area contributed by atoms with Crippen molar-refractivity contribution in [1.82, 2.24) is 0 Å². The normalized spacial score (nSPS) is 13.1. The van der Waals surface area contributed by atoms with Gasteiger partial charge in [-0.25, -0.2) is 0 Å². The van der Waals surface area contributed by atoms with Crippen molar-refractivity contribution in [2.45, 2.75) is 45.4 Å². The number of fused-ring (bicyclic) bond motifs is 7. The second-order valence-electron chi connectivity index (χ2n) is 18.2. The maximum absolute atomic E-state index is 6.60. The quantitative estimate of drug-likeness (QED) is 0.167. The zero-order valence-corrected chi connectivity index (χ0v) is 35.3. The number of furan rings is 1. The molecule has 0 unspecified atom stereocenters. The molecule has 0 saturated carbocycles. The van der Waals surface area contributed by atoms with Gasteiger partial charge in [-0.05, 0) is 109 Å². The van der Waals surface area contributed by atoms with Crippen molar-refractivity contribution in [2.24, 2.45) is 0 Å². The van der Waals surface area contributed by atoms with E-state index in [4.69, 9.17) is 4.42 Å². The summed E-state index contributed by atoms with van der Waals surface area (Å²) < 4.78 is 6.60. The van der Waals surface area contributed by atoms with Gasteiger partial charge in [-0.15, -0.1) is 0 Å². The lowest BCUT2D eigenvalue weighted by atomic mass is 9.81. The minimum absolute atomic E-state index is 0.0785. The van der Waals surface area contributed by atoms with Crippen LogP contribution < -0.4 is 4.90 Å². The fourth-order valence-corrected chi connectivity index (χ4v) is 9.79. The Labute approximate surface area is 358 Å². The molecule has 11 rings (SSSR count). The molecule has 2 heteroatoms. The Morgan fingerprint density at radius 2 is 1.08 bits per heavy atom. The number of hydrogen-bond acceptors (Lipinski definition) is 2. The lowest BCUT2D eigenvalue weighted by Crippen LogP contribution is -2.15. The van der Waals surface area contributed by atoms with E-state index in [-0.39, 0.29) is 10.8 Å². The van der Waals surface area contributed by atoms with E-state index in [9.17, 15) is 0 Å². The average molecular weight is 786 g/mol. The van der Waals surface area contributed by atoms with Gasteiger partial charge in [0.25, 0.3) is 0 Å². The van der Waals surface area contributed by atoms with Crippen LogP contribution >= 0.6 is 0 Å². The molecule has 2 nitrogen and oxygen atoms in total. The Morgan fingerprint density at radius 1 is 0.426 bits per heavy atom. The van der Waals surface area contributed by atoms with E-state index in [2.05, 4.69) is 228 Å². The van der Waals surface area contributed by atoms with Crippen LogP contribution in [0.25, 0.3) is 77.2 Å². The summed E-state index contributed by atoms with van der Waals surface area (Å²) in [7, 11) is 0. The maximum Gasteiger partial charge on any atom is 0.137 e. The van der Waals surface area contributed by atoms with Crippen LogP contribution in [0.4, 0.5) is 17.1 Å². The minimum atomic E-state index is -0.139. The predicted octanol–water partition coefficient (Wildman–Crippen LogP) is 16.8. The highest BCUT2D eigenvalue weighted by molar-refractivity contribution is 6.09. The Hall–Kier alpha value is -7.16. The summed E-state index contributed by atoms with van der Waals surface area (Å²) in [4.78, 5) is 2.47. The van der Waals surface area contributed by atoms with Crippen molar-refractivity contribution in [3.05, 3.63) is 211 Å². The fourth-order valence-electron chi connectivity index (χ4n) is 9.79. The molecule has 1 aliphatic carbocycles. The molecule has 0 aliphatic heterocycles. The molecule has 61 heavy (non-hydrogen) atoms. The molecular weight excluding hydrogens is 739 g/mol. The maximum atomic E-state index is 6.60. The van der Waals surface area contributed by atoms with Crippen molar-refractivity contribution in [3.63, 3.8) is 0 Å². The van der Waals surface area contributed by atoms with Gasteiger partial charge in [-0.1, -0.05) is 180 Å². The summed E-state index contributed by atoms with van der Waals surface area (Å²) >= 11 is 0. The number of rotatable bonds is 6. The molecule has 0 amide bonds. The first-order valence-corrected chi connectivity index (χ1v) is 21.4. The lowest BCUT2D eigenvalue weighted by Gasteiger charge is -2.31. The zero-order valence-electron chi connectivity index (χ0n) is 35.3. The molecule has 0 atom stereocenters. The third-order valence-corrected chi connectivity index (χ3v) is 13.0. The van der Waals surface area contributed by atoms with Crippen LogP contribution in [0.1, 0.15) is 51.3 Å². The second kappa shape index (κ2) is 14.0. The summed E-state index contributed by atoms with van der Waals surface area (Å²) in [6.45, 7) is 11.5. The molecule has 10 aromatic rings. The van der Waals surface area contributed by atoms with Crippen LogP contribution in [0.5, 0.6) is 0 Å². The summed E-state index contributed by atoms with van der Waals surface area (Å²) in [5, 5.41) is 4.64. The highest BCUT2D eigenvalue weighted by atomic mass is 16.3. The number of anilines is 3.